The maximum atomic E-state index is 13.0. The number of amides is 1. The van der Waals surface area contributed by atoms with E-state index in [1.54, 1.807) is 18.4 Å². The van der Waals surface area contributed by atoms with Crippen LogP contribution in [0.1, 0.15) is 22.9 Å². The van der Waals surface area contributed by atoms with Crippen LogP contribution in [0.25, 0.3) is 0 Å². The molecule has 1 N–H and O–H groups in total. The van der Waals surface area contributed by atoms with Gasteiger partial charge in [0, 0.05) is 18.8 Å². The Morgan fingerprint density at radius 1 is 1.11 bits per heavy atom. The number of nitrogens with zero attached hydrogens (tertiary/aromatic N) is 1. The first-order valence-electron chi connectivity index (χ1n) is 9.10. The van der Waals surface area contributed by atoms with Crippen molar-refractivity contribution in [3.8, 4) is 0 Å². The molecule has 0 saturated heterocycles. The van der Waals surface area contributed by atoms with Gasteiger partial charge in [-0.05, 0) is 47.9 Å². The van der Waals surface area contributed by atoms with Gasteiger partial charge in [0.05, 0.1) is 12.7 Å². The van der Waals surface area contributed by atoms with Crippen LogP contribution in [-0.2, 0) is 17.6 Å². The Hall–Kier alpha value is -3.08. The molecule has 0 saturated carbocycles. The monoisotopic (exact) mass is 364 g/mol. The van der Waals surface area contributed by atoms with Gasteiger partial charge >= 0.3 is 0 Å². The van der Waals surface area contributed by atoms with Crippen molar-refractivity contribution >= 4 is 11.6 Å². The summed E-state index contributed by atoms with van der Waals surface area (Å²) >= 11 is 0. The lowest BCUT2D eigenvalue weighted by Gasteiger charge is -2.29. The van der Waals surface area contributed by atoms with E-state index < -0.39 is 0 Å². The summed E-state index contributed by atoms with van der Waals surface area (Å²) in [6.45, 7) is 1.33. The molecule has 2 aromatic carbocycles. The highest BCUT2D eigenvalue weighted by Crippen LogP contribution is 2.34. The van der Waals surface area contributed by atoms with E-state index in [0.717, 1.165) is 24.3 Å². The highest BCUT2D eigenvalue weighted by atomic mass is 19.1. The van der Waals surface area contributed by atoms with Gasteiger partial charge < -0.3 is 14.6 Å². The average Bonchev–Trinajstić information content (AvgIpc) is 3.35. The van der Waals surface area contributed by atoms with E-state index in [1.807, 2.05) is 18.2 Å². The molecular formula is C22H21FN2O2. The van der Waals surface area contributed by atoms with Crippen molar-refractivity contribution in [3.63, 3.8) is 0 Å². The van der Waals surface area contributed by atoms with Crippen LogP contribution in [0.2, 0.25) is 0 Å². The Morgan fingerprint density at radius 3 is 2.70 bits per heavy atom. The van der Waals surface area contributed by atoms with Gasteiger partial charge in [-0.2, -0.15) is 0 Å². The molecule has 1 aromatic heterocycles. The van der Waals surface area contributed by atoms with E-state index in [-0.39, 0.29) is 24.2 Å². The Balaban J connectivity index is 1.46. The molecule has 138 valence electrons. The summed E-state index contributed by atoms with van der Waals surface area (Å²) in [4.78, 5) is 14.7. The lowest BCUT2D eigenvalue weighted by Crippen LogP contribution is -2.37. The van der Waals surface area contributed by atoms with E-state index in [4.69, 9.17) is 4.42 Å². The van der Waals surface area contributed by atoms with Crippen molar-refractivity contribution in [1.29, 1.82) is 0 Å². The van der Waals surface area contributed by atoms with Gasteiger partial charge in [0.2, 0.25) is 5.91 Å². The third-order valence-corrected chi connectivity index (χ3v) is 4.94. The number of rotatable bonds is 6. The fourth-order valence-corrected chi connectivity index (χ4v) is 3.59. The lowest BCUT2D eigenvalue weighted by molar-refractivity contribution is -0.120. The van der Waals surface area contributed by atoms with E-state index in [9.17, 15) is 9.18 Å². The maximum Gasteiger partial charge on any atom is 0.224 e. The average molecular weight is 364 g/mol. The SMILES string of the molecule is O=C(Cc1ccc(F)cc1)NC[C@@H](c1ccco1)N1CCc2ccccc21. The number of halogens is 1. The van der Waals surface area contributed by atoms with Gasteiger partial charge in [0.1, 0.15) is 17.6 Å². The van der Waals surface area contributed by atoms with E-state index in [0.29, 0.717) is 6.54 Å². The molecule has 0 unspecified atom stereocenters. The maximum absolute atomic E-state index is 13.0. The second kappa shape index (κ2) is 7.66. The molecule has 0 spiro atoms. The molecule has 2 heterocycles. The molecule has 0 aliphatic carbocycles. The molecule has 1 atom stereocenters. The van der Waals surface area contributed by atoms with Crippen LogP contribution in [0, 0.1) is 5.82 Å². The fraction of sp³-hybridized carbons (Fsp3) is 0.227. The molecule has 27 heavy (non-hydrogen) atoms. The minimum Gasteiger partial charge on any atom is -0.467 e. The van der Waals surface area contributed by atoms with Crippen molar-refractivity contribution in [3.05, 3.63) is 89.6 Å². The van der Waals surface area contributed by atoms with Crippen molar-refractivity contribution in [2.75, 3.05) is 18.0 Å². The topological polar surface area (TPSA) is 45.5 Å². The molecule has 4 rings (SSSR count). The molecule has 0 fully saturated rings. The van der Waals surface area contributed by atoms with Crippen LogP contribution in [-0.4, -0.2) is 19.0 Å². The Morgan fingerprint density at radius 2 is 1.93 bits per heavy atom. The van der Waals surface area contributed by atoms with Gasteiger partial charge in [-0.25, -0.2) is 4.39 Å². The fourth-order valence-electron chi connectivity index (χ4n) is 3.59. The second-order valence-electron chi connectivity index (χ2n) is 6.71. The number of para-hydroxylation sites is 1. The normalized spacial score (nSPS) is 14.0. The number of furan rings is 1. The summed E-state index contributed by atoms with van der Waals surface area (Å²) in [7, 11) is 0. The molecule has 1 aliphatic rings. The lowest BCUT2D eigenvalue weighted by atomic mass is 10.1. The first kappa shape index (κ1) is 17.3. The molecule has 0 bridgehead atoms. The van der Waals surface area contributed by atoms with Crippen LogP contribution < -0.4 is 10.2 Å². The number of carbonyl (C=O) groups is 1. The zero-order valence-corrected chi connectivity index (χ0v) is 14.9. The quantitative estimate of drug-likeness (QED) is 0.722. The second-order valence-corrected chi connectivity index (χ2v) is 6.71. The third-order valence-electron chi connectivity index (χ3n) is 4.94. The summed E-state index contributed by atoms with van der Waals surface area (Å²) < 4.78 is 18.7. The van der Waals surface area contributed by atoms with E-state index >= 15 is 0 Å². The Bertz CT molecular complexity index is 906. The van der Waals surface area contributed by atoms with Gasteiger partial charge in [-0.15, -0.1) is 0 Å². The largest absolute Gasteiger partial charge is 0.467 e. The van der Waals surface area contributed by atoms with Crippen LogP contribution in [0.15, 0.2) is 71.3 Å². The van der Waals surface area contributed by atoms with Crippen molar-refractivity contribution < 1.29 is 13.6 Å². The molecule has 5 heteroatoms. The van der Waals surface area contributed by atoms with Crippen LogP contribution in [0.3, 0.4) is 0 Å². The van der Waals surface area contributed by atoms with Crippen LogP contribution >= 0.6 is 0 Å². The molecule has 1 aliphatic heterocycles. The number of nitrogens with one attached hydrogen (secondary N) is 1. The molecular weight excluding hydrogens is 343 g/mol. The number of fused-ring (bicyclic) bond motifs is 1. The number of carbonyl (C=O) groups excluding carboxylic acids is 1. The Kier molecular flexibility index (Phi) is 4.92. The molecule has 4 nitrogen and oxygen atoms in total. The zero-order valence-electron chi connectivity index (χ0n) is 14.9. The van der Waals surface area contributed by atoms with Gasteiger partial charge in [0.25, 0.3) is 0 Å². The summed E-state index contributed by atoms with van der Waals surface area (Å²) in [5, 5.41) is 3.01. The summed E-state index contributed by atoms with van der Waals surface area (Å²) in [5.41, 5.74) is 3.29. The predicted octanol–water partition coefficient (Wildman–Crippen LogP) is 3.88. The first-order chi connectivity index (χ1) is 13.2. The molecule has 0 radical (unpaired) electrons. The minimum atomic E-state index is -0.301. The van der Waals surface area contributed by atoms with Gasteiger partial charge in [-0.1, -0.05) is 30.3 Å². The highest BCUT2D eigenvalue weighted by Gasteiger charge is 2.29. The Labute approximate surface area is 157 Å². The molecule has 3 aromatic rings. The van der Waals surface area contributed by atoms with Crippen molar-refractivity contribution in [2.45, 2.75) is 18.9 Å². The number of benzene rings is 2. The predicted molar refractivity (Wildman–Crippen MR) is 102 cm³/mol. The molecule has 1 amide bonds. The summed E-state index contributed by atoms with van der Waals surface area (Å²) in [6.07, 6.45) is 2.86. The zero-order chi connectivity index (χ0) is 18.6. The first-order valence-corrected chi connectivity index (χ1v) is 9.10. The van der Waals surface area contributed by atoms with Crippen molar-refractivity contribution in [2.24, 2.45) is 0 Å². The number of anilines is 1. The third kappa shape index (κ3) is 3.87. The van der Waals surface area contributed by atoms with Crippen LogP contribution in [0.5, 0.6) is 0 Å². The van der Waals surface area contributed by atoms with E-state index in [2.05, 4.69) is 28.4 Å². The summed E-state index contributed by atoms with van der Waals surface area (Å²) in [6, 6.07) is 18.1. The number of hydrogen-bond donors (Lipinski definition) is 1. The summed E-state index contributed by atoms with van der Waals surface area (Å²) in [5.74, 6) is 0.434. The number of hydrogen-bond acceptors (Lipinski definition) is 3. The van der Waals surface area contributed by atoms with Crippen LogP contribution in [0.4, 0.5) is 10.1 Å². The highest BCUT2D eigenvalue weighted by molar-refractivity contribution is 5.78. The van der Waals surface area contributed by atoms with Crippen molar-refractivity contribution in [1.82, 2.24) is 5.32 Å². The van der Waals surface area contributed by atoms with Gasteiger partial charge in [-0.3, -0.25) is 4.79 Å². The van der Waals surface area contributed by atoms with Gasteiger partial charge in [0.15, 0.2) is 0 Å². The minimum absolute atomic E-state index is 0.0687. The smallest absolute Gasteiger partial charge is 0.224 e. The standard InChI is InChI=1S/C22H21FN2O2/c23-18-9-7-16(8-10-18)14-22(26)24-15-20(21-6-3-13-27-21)25-12-11-17-4-1-2-5-19(17)25/h1-10,13,20H,11-12,14-15H2,(H,24,26)/t20-/m0/s1. The van der Waals surface area contributed by atoms with E-state index in [1.165, 1.54) is 23.4 Å².